The lowest BCUT2D eigenvalue weighted by atomic mass is 10.3. The lowest BCUT2D eigenvalue weighted by molar-refractivity contribution is 0.0595. The van der Waals surface area contributed by atoms with E-state index in [1.807, 2.05) is 6.07 Å². The van der Waals surface area contributed by atoms with Gasteiger partial charge in [-0.2, -0.15) is 5.26 Å². The first-order valence-corrected chi connectivity index (χ1v) is 3.43. The maximum atomic E-state index is 10.9. The van der Waals surface area contributed by atoms with E-state index in [9.17, 15) is 4.79 Å². The normalized spacial score (nSPS) is 9.08. The number of nitriles is 1. The van der Waals surface area contributed by atoms with Crippen LogP contribution in [0.15, 0.2) is 6.07 Å². The fourth-order valence-electron chi connectivity index (χ4n) is 0.731. The Bertz CT molecular complexity index is 351. The zero-order valence-corrected chi connectivity index (χ0v) is 6.97. The van der Waals surface area contributed by atoms with E-state index >= 15 is 0 Å². The Labute approximate surface area is 73.7 Å². The molecule has 0 aliphatic rings. The number of H-pyrrole nitrogens is 1. The first-order chi connectivity index (χ1) is 5.69. The van der Waals surface area contributed by atoms with Crippen molar-refractivity contribution in [3.05, 3.63) is 22.5 Å². The summed E-state index contributed by atoms with van der Waals surface area (Å²) in [6.45, 7) is 0. The number of aromatic nitrogens is 1. The van der Waals surface area contributed by atoms with Crippen molar-refractivity contribution in [2.45, 2.75) is 0 Å². The highest BCUT2D eigenvalue weighted by atomic mass is 35.5. The first-order valence-electron chi connectivity index (χ1n) is 3.06. The largest absolute Gasteiger partial charge is 0.464 e. The van der Waals surface area contributed by atoms with Gasteiger partial charge in [0.05, 0.1) is 12.7 Å². The van der Waals surface area contributed by atoms with Crippen molar-refractivity contribution in [3.63, 3.8) is 0 Å². The van der Waals surface area contributed by atoms with E-state index in [1.54, 1.807) is 0 Å². The molecule has 5 heteroatoms. The molecule has 0 saturated carbocycles. The molecule has 0 fully saturated rings. The average Bonchev–Trinajstić information content (AvgIpc) is 2.45. The van der Waals surface area contributed by atoms with E-state index in [0.717, 1.165) is 0 Å². The van der Waals surface area contributed by atoms with Crippen LogP contribution in [0, 0.1) is 11.3 Å². The SMILES string of the molecule is COC(=O)c1cc(C#N)c(Cl)[nH]1. The Morgan fingerprint density at radius 1 is 1.83 bits per heavy atom. The van der Waals surface area contributed by atoms with Gasteiger partial charge in [-0.05, 0) is 6.07 Å². The van der Waals surface area contributed by atoms with Crippen LogP contribution in [0.5, 0.6) is 0 Å². The van der Waals surface area contributed by atoms with Crippen LogP contribution in [0.1, 0.15) is 16.1 Å². The molecule has 1 rings (SSSR count). The number of carbonyl (C=O) groups excluding carboxylic acids is 1. The zero-order valence-electron chi connectivity index (χ0n) is 6.22. The number of methoxy groups -OCH3 is 1. The Hall–Kier alpha value is -1.47. The van der Waals surface area contributed by atoms with Crippen molar-refractivity contribution in [2.24, 2.45) is 0 Å². The second kappa shape index (κ2) is 3.28. The van der Waals surface area contributed by atoms with E-state index in [1.165, 1.54) is 13.2 Å². The van der Waals surface area contributed by atoms with E-state index in [4.69, 9.17) is 16.9 Å². The summed E-state index contributed by atoms with van der Waals surface area (Å²) in [6, 6.07) is 3.17. The number of aromatic amines is 1. The van der Waals surface area contributed by atoms with Crippen LogP contribution in [-0.4, -0.2) is 18.1 Å². The first kappa shape index (κ1) is 8.62. The minimum atomic E-state index is -0.543. The quantitative estimate of drug-likeness (QED) is 0.670. The molecule has 1 aromatic rings. The molecule has 4 nitrogen and oxygen atoms in total. The van der Waals surface area contributed by atoms with E-state index in [2.05, 4.69) is 9.72 Å². The average molecular weight is 185 g/mol. The molecule has 0 atom stereocenters. The van der Waals surface area contributed by atoms with Gasteiger partial charge in [0.1, 0.15) is 16.9 Å². The van der Waals surface area contributed by atoms with Crippen molar-refractivity contribution >= 4 is 17.6 Å². The number of esters is 1. The predicted octanol–water partition coefficient (Wildman–Crippen LogP) is 1.33. The molecule has 12 heavy (non-hydrogen) atoms. The Kier molecular flexibility index (Phi) is 2.36. The monoisotopic (exact) mass is 184 g/mol. The van der Waals surface area contributed by atoms with E-state index < -0.39 is 5.97 Å². The number of carbonyl (C=O) groups is 1. The summed E-state index contributed by atoms with van der Waals surface area (Å²) in [5.41, 5.74) is 0.413. The molecule has 0 saturated heterocycles. The summed E-state index contributed by atoms with van der Waals surface area (Å²) in [5, 5.41) is 8.63. The van der Waals surface area contributed by atoms with Crippen LogP contribution in [0.4, 0.5) is 0 Å². The Morgan fingerprint density at radius 3 is 2.92 bits per heavy atom. The standard InChI is InChI=1S/C7H5ClN2O2/c1-12-7(11)5-2-4(3-9)6(8)10-5/h2,10H,1H3. The fraction of sp³-hybridized carbons (Fsp3) is 0.143. The molecule has 0 aromatic carbocycles. The molecule has 1 N–H and O–H groups in total. The van der Waals surface area contributed by atoms with Gasteiger partial charge in [0, 0.05) is 0 Å². The van der Waals surface area contributed by atoms with Crippen LogP contribution in [0.25, 0.3) is 0 Å². The molecular weight excluding hydrogens is 180 g/mol. The number of halogens is 1. The summed E-state index contributed by atoms with van der Waals surface area (Å²) >= 11 is 5.56. The summed E-state index contributed by atoms with van der Waals surface area (Å²) in [4.78, 5) is 13.4. The van der Waals surface area contributed by atoms with Crippen molar-refractivity contribution in [2.75, 3.05) is 7.11 Å². The number of ether oxygens (including phenoxy) is 1. The minimum absolute atomic E-state index is 0.151. The minimum Gasteiger partial charge on any atom is -0.464 e. The lowest BCUT2D eigenvalue weighted by Gasteiger charge is -1.91. The van der Waals surface area contributed by atoms with Gasteiger partial charge >= 0.3 is 5.97 Å². The van der Waals surface area contributed by atoms with Gasteiger partial charge in [-0.15, -0.1) is 0 Å². The second-order valence-electron chi connectivity index (χ2n) is 2.01. The van der Waals surface area contributed by atoms with Crippen molar-refractivity contribution < 1.29 is 9.53 Å². The lowest BCUT2D eigenvalue weighted by Crippen LogP contribution is -2.00. The van der Waals surface area contributed by atoms with Crippen LogP contribution in [-0.2, 0) is 4.74 Å². The summed E-state index contributed by atoms with van der Waals surface area (Å²) in [5.74, 6) is -0.543. The van der Waals surface area contributed by atoms with Crippen LogP contribution >= 0.6 is 11.6 Å². The van der Waals surface area contributed by atoms with Gasteiger partial charge in [0.25, 0.3) is 0 Å². The van der Waals surface area contributed by atoms with Crippen LogP contribution < -0.4 is 0 Å². The molecule has 1 aromatic heterocycles. The predicted molar refractivity (Wildman–Crippen MR) is 41.9 cm³/mol. The summed E-state index contributed by atoms with van der Waals surface area (Å²) < 4.78 is 4.41. The smallest absolute Gasteiger partial charge is 0.354 e. The van der Waals surface area contributed by atoms with Gasteiger partial charge in [0.15, 0.2) is 0 Å². The van der Waals surface area contributed by atoms with Crippen molar-refractivity contribution in [1.82, 2.24) is 4.98 Å². The summed E-state index contributed by atoms with van der Waals surface area (Å²) in [7, 11) is 1.25. The second-order valence-corrected chi connectivity index (χ2v) is 2.39. The van der Waals surface area contributed by atoms with E-state index in [0.29, 0.717) is 0 Å². The number of hydrogen-bond donors (Lipinski definition) is 1. The highest BCUT2D eigenvalue weighted by molar-refractivity contribution is 6.30. The molecule has 0 aliphatic carbocycles. The summed E-state index contributed by atoms with van der Waals surface area (Å²) in [6.07, 6.45) is 0. The van der Waals surface area contributed by atoms with Gasteiger partial charge in [-0.25, -0.2) is 4.79 Å². The number of nitrogens with zero attached hydrogens (tertiary/aromatic N) is 1. The third kappa shape index (κ3) is 1.41. The number of nitrogens with one attached hydrogen (secondary N) is 1. The maximum Gasteiger partial charge on any atom is 0.354 e. The number of hydrogen-bond acceptors (Lipinski definition) is 3. The van der Waals surface area contributed by atoms with Crippen molar-refractivity contribution in [1.29, 1.82) is 5.26 Å². The number of rotatable bonds is 1. The molecule has 0 unspecified atom stereocenters. The third-order valence-corrected chi connectivity index (χ3v) is 1.59. The molecule has 0 radical (unpaired) electrons. The van der Waals surface area contributed by atoms with Crippen LogP contribution in [0.2, 0.25) is 5.15 Å². The molecule has 0 aliphatic heterocycles. The fourth-order valence-corrected chi connectivity index (χ4v) is 0.929. The molecule has 1 heterocycles. The zero-order chi connectivity index (χ0) is 9.14. The van der Waals surface area contributed by atoms with Crippen LogP contribution in [0.3, 0.4) is 0 Å². The van der Waals surface area contributed by atoms with Gasteiger partial charge in [-0.1, -0.05) is 11.6 Å². The highest BCUT2D eigenvalue weighted by Crippen LogP contribution is 2.15. The van der Waals surface area contributed by atoms with Gasteiger partial charge in [-0.3, -0.25) is 0 Å². The van der Waals surface area contributed by atoms with Gasteiger partial charge < -0.3 is 9.72 Å². The maximum absolute atomic E-state index is 10.9. The molecule has 0 bridgehead atoms. The Morgan fingerprint density at radius 2 is 2.50 bits per heavy atom. The molecule has 0 amide bonds. The van der Waals surface area contributed by atoms with Gasteiger partial charge in [0.2, 0.25) is 0 Å². The molecule has 0 spiro atoms. The molecule has 62 valence electrons. The topological polar surface area (TPSA) is 65.9 Å². The Balaban J connectivity index is 3.07. The third-order valence-electron chi connectivity index (χ3n) is 1.30. The highest BCUT2D eigenvalue weighted by Gasteiger charge is 2.11. The van der Waals surface area contributed by atoms with Crippen molar-refractivity contribution in [3.8, 4) is 6.07 Å². The van der Waals surface area contributed by atoms with E-state index in [-0.39, 0.29) is 16.4 Å². The molecular formula is C7H5ClN2O2.